The van der Waals surface area contributed by atoms with Crippen molar-refractivity contribution in [3.63, 3.8) is 0 Å². The molecule has 1 rings (SSSR count). The van der Waals surface area contributed by atoms with Gasteiger partial charge in [-0.1, -0.05) is 13.8 Å². The lowest BCUT2D eigenvalue weighted by Crippen LogP contribution is -2.42. The number of thiophene rings is 1. The van der Waals surface area contributed by atoms with E-state index in [1.54, 1.807) is 11.4 Å². The minimum absolute atomic E-state index is 0.108. The van der Waals surface area contributed by atoms with E-state index in [-0.39, 0.29) is 16.4 Å². The topological polar surface area (TPSA) is 101 Å². The van der Waals surface area contributed by atoms with Gasteiger partial charge in [-0.15, -0.1) is 11.3 Å². The minimum Gasteiger partial charge on any atom is -0.302 e. The number of aldehydes is 1. The summed E-state index contributed by atoms with van der Waals surface area (Å²) in [6.07, 6.45) is 0.185. The standard InChI is InChI=1S/C13H19NO5S2/c1-9(2)6-10-4-5-20-12(10)21(18,19)13(3,8-15)7-11(16)14-17/h4-5,8-9,17H,6-7H2,1-3H3,(H,14,16). The molecule has 1 unspecified atom stereocenters. The Morgan fingerprint density at radius 2 is 2.14 bits per heavy atom. The Morgan fingerprint density at radius 1 is 1.52 bits per heavy atom. The number of amides is 1. The predicted octanol–water partition coefficient (Wildman–Crippen LogP) is 1.57. The van der Waals surface area contributed by atoms with E-state index < -0.39 is 26.9 Å². The van der Waals surface area contributed by atoms with E-state index >= 15 is 0 Å². The minimum atomic E-state index is -4.01. The van der Waals surface area contributed by atoms with E-state index in [0.29, 0.717) is 12.0 Å². The summed E-state index contributed by atoms with van der Waals surface area (Å²) in [7, 11) is -4.01. The highest BCUT2D eigenvalue weighted by molar-refractivity contribution is 7.95. The Balaban J connectivity index is 3.28. The molecule has 0 saturated carbocycles. The van der Waals surface area contributed by atoms with Gasteiger partial charge >= 0.3 is 0 Å². The van der Waals surface area contributed by atoms with E-state index in [0.717, 1.165) is 11.3 Å². The maximum Gasteiger partial charge on any atom is 0.245 e. The van der Waals surface area contributed by atoms with Crippen LogP contribution in [0, 0.1) is 5.92 Å². The summed E-state index contributed by atoms with van der Waals surface area (Å²) < 4.78 is 23.6. The van der Waals surface area contributed by atoms with Crippen molar-refractivity contribution in [3.05, 3.63) is 17.0 Å². The molecule has 0 aromatic carbocycles. The zero-order valence-corrected chi connectivity index (χ0v) is 13.8. The van der Waals surface area contributed by atoms with Crippen LogP contribution in [0.5, 0.6) is 0 Å². The fourth-order valence-electron chi connectivity index (χ4n) is 1.92. The number of rotatable bonds is 7. The van der Waals surface area contributed by atoms with E-state index in [2.05, 4.69) is 0 Å². The van der Waals surface area contributed by atoms with Crippen LogP contribution in [-0.2, 0) is 25.8 Å². The van der Waals surface area contributed by atoms with Crippen molar-refractivity contribution in [3.8, 4) is 0 Å². The van der Waals surface area contributed by atoms with Crippen LogP contribution < -0.4 is 5.48 Å². The Kier molecular flexibility index (Phi) is 5.66. The van der Waals surface area contributed by atoms with Gasteiger partial charge in [0.1, 0.15) is 15.2 Å². The van der Waals surface area contributed by atoms with Crippen molar-refractivity contribution in [1.29, 1.82) is 0 Å². The summed E-state index contributed by atoms with van der Waals surface area (Å²) in [6.45, 7) is 5.11. The van der Waals surface area contributed by atoms with E-state index in [9.17, 15) is 18.0 Å². The molecular formula is C13H19NO5S2. The highest BCUT2D eigenvalue weighted by Crippen LogP contribution is 2.34. The molecule has 0 saturated heterocycles. The summed E-state index contributed by atoms with van der Waals surface area (Å²) in [5.74, 6) is -0.660. The van der Waals surface area contributed by atoms with Crippen LogP contribution in [0.4, 0.5) is 0 Å². The fraction of sp³-hybridized carbons (Fsp3) is 0.538. The fourth-order valence-corrected chi connectivity index (χ4v) is 5.19. The van der Waals surface area contributed by atoms with Crippen molar-refractivity contribution in [2.75, 3.05) is 0 Å². The van der Waals surface area contributed by atoms with Gasteiger partial charge in [-0.05, 0) is 36.3 Å². The molecule has 0 aliphatic heterocycles. The number of hydrogen-bond acceptors (Lipinski definition) is 6. The Hall–Kier alpha value is -1.25. The van der Waals surface area contributed by atoms with Gasteiger partial charge in [0.05, 0.1) is 6.42 Å². The van der Waals surface area contributed by atoms with Gasteiger partial charge < -0.3 is 4.79 Å². The molecule has 0 aliphatic rings. The smallest absolute Gasteiger partial charge is 0.245 e. The molecule has 2 N–H and O–H groups in total. The third kappa shape index (κ3) is 3.69. The number of carbonyl (C=O) groups excluding carboxylic acids is 2. The van der Waals surface area contributed by atoms with Gasteiger partial charge in [0.25, 0.3) is 0 Å². The van der Waals surface area contributed by atoms with Crippen LogP contribution in [-0.4, -0.2) is 30.6 Å². The summed E-state index contributed by atoms with van der Waals surface area (Å²) in [4.78, 5) is 22.6. The predicted molar refractivity (Wildman–Crippen MR) is 79.1 cm³/mol. The zero-order chi connectivity index (χ0) is 16.3. The van der Waals surface area contributed by atoms with Crippen molar-refractivity contribution in [2.24, 2.45) is 5.92 Å². The van der Waals surface area contributed by atoms with Gasteiger partial charge in [-0.25, -0.2) is 13.9 Å². The van der Waals surface area contributed by atoms with Crippen LogP contribution in [0.1, 0.15) is 32.8 Å². The molecule has 21 heavy (non-hydrogen) atoms. The zero-order valence-electron chi connectivity index (χ0n) is 12.1. The summed E-state index contributed by atoms with van der Waals surface area (Å²) in [5.41, 5.74) is 2.01. The highest BCUT2D eigenvalue weighted by Gasteiger charge is 2.44. The molecule has 118 valence electrons. The maximum absolute atomic E-state index is 12.7. The van der Waals surface area contributed by atoms with Crippen molar-refractivity contribution in [1.82, 2.24) is 5.48 Å². The normalized spacial score (nSPS) is 14.7. The van der Waals surface area contributed by atoms with Crippen molar-refractivity contribution >= 4 is 33.4 Å². The van der Waals surface area contributed by atoms with Crippen LogP contribution >= 0.6 is 11.3 Å². The van der Waals surface area contributed by atoms with E-state index in [1.807, 2.05) is 13.8 Å². The Labute approximate surface area is 128 Å². The average molecular weight is 333 g/mol. The second-order valence-electron chi connectivity index (χ2n) is 5.48. The quantitative estimate of drug-likeness (QED) is 0.448. The first-order chi connectivity index (χ1) is 9.67. The molecule has 0 aliphatic carbocycles. The summed E-state index contributed by atoms with van der Waals surface area (Å²) >= 11 is 1.03. The van der Waals surface area contributed by atoms with Crippen molar-refractivity contribution < 1.29 is 23.2 Å². The summed E-state index contributed by atoms with van der Waals surface area (Å²) in [5, 5.41) is 10.2. The number of sulfone groups is 1. The molecule has 6 nitrogen and oxygen atoms in total. The lowest BCUT2D eigenvalue weighted by molar-refractivity contribution is -0.130. The molecule has 0 spiro atoms. The number of hydrogen-bond donors (Lipinski definition) is 2. The molecule has 0 fully saturated rings. The highest BCUT2D eigenvalue weighted by atomic mass is 32.2. The first-order valence-corrected chi connectivity index (χ1v) is 8.74. The average Bonchev–Trinajstić information content (AvgIpc) is 2.85. The van der Waals surface area contributed by atoms with Crippen LogP contribution in [0.3, 0.4) is 0 Å². The van der Waals surface area contributed by atoms with Gasteiger partial charge in [0.15, 0.2) is 0 Å². The van der Waals surface area contributed by atoms with E-state index in [4.69, 9.17) is 5.21 Å². The third-order valence-electron chi connectivity index (χ3n) is 3.08. The number of carbonyl (C=O) groups is 2. The first-order valence-electron chi connectivity index (χ1n) is 6.38. The second-order valence-corrected chi connectivity index (χ2v) is 9.00. The number of hydroxylamine groups is 1. The molecule has 1 aromatic heterocycles. The summed E-state index contributed by atoms with van der Waals surface area (Å²) in [6, 6.07) is 1.72. The third-order valence-corrected chi connectivity index (χ3v) is 6.99. The maximum atomic E-state index is 12.7. The first kappa shape index (κ1) is 17.8. The lowest BCUT2D eigenvalue weighted by Gasteiger charge is -2.22. The molecule has 1 aromatic rings. The monoisotopic (exact) mass is 333 g/mol. The van der Waals surface area contributed by atoms with Gasteiger partial charge in [-0.3, -0.25) is 10.0 Å². The Morgan fingerprint density at radius 3 is 2.62 bits per heavy atom. The molecule has 0 bridgehead atoms. The van der Waals surface area contributed by atoms with Crippen LogP contribution in [0.25, 0.3) is 0 Å². The molecule has 0 radical (unpaired) electrons. The second kappa shape index (κ2) is 6.67. The lowest BCUT2D eigenvalue weighted by atomic mass is 10.1. The van der Waals surface area contributed by atoms with Gasteiger partial charge in [-0.2, -0.15) is 0 Å². The molecular weight excluding hydrogens is 314 g/mol. The molecule has 1 atom stereocenters. The van der Waals surface area contributed by atoms with Gasteiger partial charge in [0, 0.05) is 0 Å². The Bertz CT molecular complexity index is 620. The molecule has 1 heterocycles. The van der Waals surface area contributed by atoms with E-state index in [1.165, 1.54) is 12.4 Å². The molecule has 8 heteroatoms. The van der Waals surface area contributed by atoms with Crippen molar-refractivity contribution in [2.45, 2.75) is 42.6 Å². The van der Waals surface area contributed by atoms with Crippen LogP contribution in [0.15, 0.2) is 15.7 Å². The molecule has 1 amide bonds. The SMILES string of the molecule is CC(C)Cc1ccsc1S(=O)(=O)C(C)(C=O)CC(=O)NO. The van der Waals surface area contributed by atoms with Gasteiger partial charge in [0.2, 0.25) is 15.7 Å². The number of nitrogens with one attached hydrogen (secondary N) is 1. The largest absolute Gasteiger partial charge is 0.302 e. The van der Waals surface area contributed by atoms with Crippen LogP contribution in [0.2, 0.25) is 0 Å².